The topological polar surface area (TPSA) is 23.3 Å². The lowest BCUT2D eigenvalue weighted by atomic mass is 9.91. The average molecular weight is 280 g/mol. The molecular formula is C19H22NO. The van der Waals surface area contributed by atoms with Crippen molar-refractivity contribution >= 4 is 0 Å². The van der Waals surface area contributed by atoms with Gasteiger partial charge in [-0.3, -0.25) is 0 Å². The van der Waals surface area contributed by atoms with E-state index < -0.39 is 0 Å². The van der Waals surface area contributed by atoms with E-state index in [2.05, 4.69) is 54.6 Å². The molecule has 2 unspecified atom stereocenters. The Labute approximate surface area is 127 Å². The van der Waals surface area contributed by atoms with Crippen LogP contribution in [-0.2, 0) is 11.2 Å². The van der Waals surface area contributed by atoms with E-state index in [9.17, 15) is 0 Å². The SMILES string of the molecule is COC1CC[N]C(Cc2ccccc2-c2ccccc2)C1. The zero-order chi connectivity index (χ0) is 14.5. The Morgan fingerprint density at radius 1 is 1.05 bits per heavy atom. The molecule has 3 rings (SSSR count). The van der Waals surface area contributed by atoms with Crippen molar-refractivity contribution in [3.8, 4) is 11.1 Å². The van der Waals surface area contributed by atoms with Gasteiger partial charge in [0.05, 0.1) is 6.10 Å². The molecular weight excluding hydrogens is 258 g/mol. The zero-order valence-electron chi connectivity index (χ0n) is 12.5. The molecule has 1 heterocycles. The highest BCUT2D eigenvalue weighted by molar-refractivity contribution is 5.67. The number of hydrogen-bond acceptors (Lipinski definition) is 1. The third-order valence-corrected chi connectivity index (χ3v) is 4.26. The van der Waals surface area contributed by atoms with Crippen LogP contribution in [0, 0.1) is 0 Å². The van der Waals surface area contributed by atoms with Gasteiger partial charge >= 0.3 is 0 Å². The quantitative estimate of drug-likeness (QED) is 0.838. The molecule has 109 valence electrons. The maximum atomic E-state index is 5.51. The molecule has 21 heavy (non-hydrogen) atoms. The maximum absolute atomic E-state index is 5.51. The third kappa shape index (κ3) is 3.52. The molecule has 0 saturated carbocycles. The maximum Gasteiger partial charge on any atom is 0.0599 e. The second kappa shape index (κ2) is 6.88. The Morgan fingerprint density at radius 2 is 1.81 bits per heavy atom. The molecule has 2 atom stereocenters. The summed E-state index contributed by atoms with van der Waals surface area (Å²) in [5, 5.41) is 4.78. The van der Waals surface area contributed by atoms with Crippen molar-refractivity contribution in [2.75, 3.05) is 13.7 Å². The van der Waals surface area contributed by atoms with Gasteiger partial charge in [-0.15, -0.1) is 0 Å². The van der Waals surface area contributed by atoms with Crippen LogP contribution in [0.3, 0.4) is 0 Å². The van der Waals surface area contributed by atoms with Gasteiger partial charge in [0.15, 0.2) is 0 Å². The third-order valence-electron chi connectivity index (χ3n) is 4.26. The number of hydrogen-bond donors (Lipinski definition) is 0. The van der Waals surface area contributed by atoms with Crippen molar-refractivity contribution in [2.24, 2.45) is 0 Å². The molecule has 2 aromatic carbocycles. The van der Waals surface area contributed by atoms with E-state index >= 15 is 0 Å². The van der Waals surface area contributed by atoms with Gasteiger partial charge in [-0.25, -0.2) is 5.32 Å². The Hall–Kier alpha value is -1.64. The first-order chi connectivity index (χ1) is 10.4. The fraction of sp³-hybridized carbons (Fsp3) is 0.368. The van der Waals surface area contributed by atoms with Crippen molar-refractivity contribution in [2.45, 2.75) is 31.4 Å². The Kier molecular flexibility index (Phi) is 4.69. The van der Waals surface area contributed by atoms with E-state index in [0.717, 1.165) is 25.8 Å². The van der Waals surface area contributed by atoms with Gasteiger partial charge in [0.1, 0.15) is 0 Å². The normalized spacial score (nSPS) is 22.1. The molecule has 1 fully saturated rings. The highest BCUT2D eigenvalue weighted by atomic mass is 16.5. The number of ether oxygens (including phenoxy) is 1. The number of benzene rings is 2. The van der Waals surface area contributed by atoms with Crippen molar-refractivity contribution < 1.29 is 4.74 Å². The van der Waals surface area contributed by atoms with Crippen LogP contribution >= 0.6 is 0 Å². The van der Waals surface area contributed by atoms with Crippen molar-refractivity contribution in [3.63, 3.8) is 0 Å². The molecule has 2 nitrogen and oxygen atoms in total. The number of nitrogens with zero attached hydrogens (tertiary/aromatic N) is 1. The number of methoxy groups -OCH3 is 1. The van der Waals surface area contributed by atoms with E-state index in [4.69, 9.17) is 10.1 Å². The fourth-order valence-corrected chi connectivity index (χ4v) is 3.11. The summed E-state index contributed by atoms with van der Waals surface area (Å²) >= 11 is 0. The van der Waals surface area contributed by atoms with E-state index in [1.807, 2.05) is 7.11 Å². The molecule has 0 aromatic heterocycles. The molecule has 0 aliphatic carbocycles. The van der Waals surface area contributed by atoms with Crippen LogP contribution in [-0.4, -0.2) is 25.8 Å². The van der Waals surface area contributed by atoms with Crippen LogP contribution in [0.5, 0.6) is 0 Å². The van der Waals surface area contributed by atoms with Crippen LogP contribution in [0.25, 0.3) is 11.1 Å². The highest BCUT2D eigenvalue weighted by Crippen LogP contribution is 2.26. The van der Waals surface area contributed by atoms with Gasteiger partial charge in [-0.2, -0.15) is 0 Å². The Balaban J connectivity index is 1.80. The predicted molar refractivity (Wildman–Crippen MR) is 86.4 cm³/mol. The van der Waals surface area contributed by atoms with Crippen molar-refractivity contribution in [3.05, 3.63) is 60.2 Å². The van der Waals surface area contributed by atoms with Crippen molar-refractivity contribution in [1.82, 2.24) is 5.32 Å². The molecule has 2 aromatic rings. The van der Waals surface area contributed by atoms with Gasteiger partial charge in [-0.05, 0) is 36.0 Å². The van der Waals surface area contributed by atoms with Gasteiger partial charge < -0.3 is 4.74 Å². The summed E-state index contributed by atoms with van der Waals surface area (Å²) < 4.78 is 5.51. The molecule has 0 spiro atoms. The van der Waals surface area contributed by atoms with Crippen LogP contribution in [0.15, 0.2) is 54.6 Å². The first-order valence-corrected chi connectivity index (χ1v) is 7.69. The van der Waals surface area contributed by atoms with Gasteiger partial charge in [-0.1, -0.05) is 54.6 Å². The summed E-state index contributed by atoms with van der Waals surface area (Å²) in [6.07, 6.45) is 3.48. The van der Waals surface area contributed by atoms with E-state index in [0.29, 0.717) is 12.1 Å². The second-order valence-corrected chi connectivity index (χ2v) is 5.67. The van der Waals surface area contributed by atoms with E-state index in [1.54, 1.807) is 0 Å². The molecule has 0 amide bonds. The molecule has 0 N–H and O–H groups in total. The molecule has 1 aliphatic heterocycles. The van der Waals surface area contributed by atoms with Gasteiger partial charge in [0.2, 0.25) is 0 Å². The minimum absolute atomic E-state index is 0.372. The van der Waals surface area contributed by atoms with Gasteiger partial charge in [0, 0.05) is 19.7 Å². The second-order valence-electron chi connectivity index (χ2n) is 5.67. The summed E-state index contributed by atoms with van der Waals surface area (Å²) in [6, 6.07) is 19.7. The summed E-state index contributed by atoms with van der Waals surface area (Å²) in [4.78, 5) is 0. The monoisotopic (exact) mass is 280 g/mol. The fourth-order valence-electron chi connectivity index (χ4n) is 3.11. The Morgan fingerprint density at radius 3 is 2.62 bits per heavy atom. The molecule has 1 aliphatic rings. The minimum Gasteiger partial charge on any atom is -0.381 e. The first-order valence-electron chi connectivity index (χ1n) is 7.69. The zero-order valence-corrected chi connectivity index (χ0v) is 12.5. The Bertz CT molecular complexity index is 567. The van der Waals surface area contributed by atoms with Crippen LogP contribution < -0.4 is 5.32 Å². The van der Waals surface area contributed by atoms with Crippen molar-refractivity contribution in [1.29, 1.82) is 0 Å². The first kappa shape index (κ1) is 14.3. The molecule has 1 radical (unpaired) electrons. The predicted octanol–water partition coefficient (Wildman–Crippen LogP) is 3.68. The molecule has 2 heteroatoms. The summed E-state index contributed by atoms with van der Waals surface area (Å²) in [5.74, 6) is 0. The van der Waals surface area contributed by atoms with Crippen LogP contribution in [0.2, 0.25) is 0 Å². The van der Waals surface area contributed by atoms with Crippen LogP contribution in [0.4, 0.5) is 0 Å². The number of rotatable bonds is 4. The minimum atomic E-state index is 0.372. The smallest absolute Gasteiger partial charge is 0.0599 e. The lowest BCUT2D eigenvalue weighted by molar-refractivity contribution is 0.0610. The lowest BCUT2D eigenvalue weighted by Gasteiger charge is -2.28. The summed E-state index contributed by atoms with van der Waals surface area (Å²) in [7, 11) is 1.81. The van der Waals surface area contributed by atoms with E-state index in [1.165, 1.54) is 16.7 Å². The van der Waals surface area contributed by atoms with Gasteiger partial charge in [0.25, 0.3) is 0 Å². The standard InChI is InChI=1S/C19H22NO/c1-21-18-11-12-20-17(14-18)13-16-9-5-6-10-19(16)15-7-3-2-4-8-15/h2-10,17-18H,11-14H2,1H3. The number of piperidine rings is 1. The lowest BCUT2D eigenvalue weighted by Crippen LogP contribution is -2.37. The largest absolute Gasteiger partial charge is 0.381 e. The van der Waals surface area contributed by atoms with Crippen LogP contribution in [0.1, 0.15) is 18.4 Å². The average Bonchev–Trinajstić information content (AvgIpc) is 2.56. The molecule has 0 bridgehead atoms. The summed E-state index contributed by atoms with van der Waals surface area (Å²) in [6.45, 7) is 0.927. The molecule has 1 saturated heterocycles. The van der Waals surface area contributed by atoms with E-state index in [-0.39, 0.29) is 0 Å². The highest BCUT2D eigenvalue weighted by Gasteiger charge is 2.23. The summed E-state index contributed by atoms with van der Waals surface area (Å²) in [5.41, 5.74) is 3.99.